The Hall–Kier alpha value is -9.94. The van der Waals surface area contributed by atoms with Crippen LogP contribution >= 0.6 is 0 Å². The number of primary amides is 2. The number of nitrogens with one attached hydrogen (secondary N) is 2. The molecule has 6 heterocycles. The third kappa shape index (κ3) is 18.5. The summed E-state index contributed by atoms with van der Waals surface area (Å²) in [6.07, 6.45) is -2.61. The van der Waals surface area contributed by atoms with E-state index in [9.17, 15) is 106 Å². The van der Waals surface area contributed by atoms with Crippen LogP contribution in [0.25, 0.3) is 0 Å². The van der Waals surface area contributed by atoms with Crippen LogP contribution in [0, 0.1) is 70.2 Å². The summed E-state index contributed by atoms with van der Waals surface area (Å²) in [5, 5.41) is 33.4. The first-order chi connectivity index (χ1) is 49.6. The van der Waals surface area contributed by atoms with E-state index in [1.54, 1.807) is 83.1 Å². The number of anilines is 2. The number of amides is 4. The molecule has 582 valence electrons. The second-order valence-electron chi connectivity index (χ2n) is 27.3. The molecule has 10 rings (SSSR count). The van der Waals surface area contributed by atoms with Gasteiger partial charge in [0.1, 0.15) is 23.6 Å². The van der Waals surface area contributed by atoms with Crippen LogP contribution in [0.15, 0.2) is 85.2 Å². The van der Waals surface area contributed by atoms with Crippen LogP contribution in [0.2, 0.25) is 0 Å². The molecule has 9 N–H and O–H groups in total. The summed E-state index contributed by atoms with van der Waals surface area (Å²) in [5.74, 6) is -26.0. The van der Waals surface area contributed by atoms with Crippen LogP contribution in [-0.4, -0.2) is 128 Å². The first kappa shape index (κ1) is 84.3. The van der Waals surface area contributed by atoms with Crippen molar-refractivity contribution < 1.29 is 139 Å². The van der Waals surface area contributed by atoms with Gasteiger partial charge in [0.25, 0.3) is 23.6 Å². The molecule has 0 saturated carbocycles. The number of carboxylic acid groups (broad SMARTS) is 2. The number of nitrogens with zero attached hydrogens (tertiary/aromatic N) is 2. The van der Waals surface area contributed by atoms with Crippen LogP contribution in [0.1, 0.15) is 150 Å². The minimum atomic E-state index is -3.41. The number of alkyl halides is 6. The van der Waals surface area contributed by atoms with E-state index in [1.165, 1.54) is 42.7 Å². The van der Waals surface area contributed by atoms with E-state index in [0.29, 0.717) is 0 Å². The van der Waals surface area contributed by atoms with Gasteiger partial charge in [0.2, 0.25) is 23.3 Å². The van der Waals surface area contributed by atoms with E-state index >= 15 is 0 Å². The van der Waals surface area contributed by atoms with Crippen LogP contribution < -0.4 is 36.3 Å². The number of carbonyl (C=O) groups is 6. The molecular weight excluding hydrogens is 1460 g/mol. The summed E-state index contributed by atoms with van der Waals surface area (Å²) < 4.78 is 222. The molecule has 4 aromatic carbocycles. The maximum atomic E-state index is 14.4. The average Bonchev–Trinajstić information content (AvgIpc) is 1.65. The summed E-state index contributed by atoms with van der Waals surface area (Å²) in [5.41, 5.74) is 6.74. The fourth-order valence-corrected chi connectivity index (χ4v) is 13.0. The number of aliphatic carboxylic acids is 2. The molecule has 0 bridgehead atoms. The Labute approximate surface area is 601 Å². The first-order valence-electron chi connectivity index (χ1n) is 32.3. The number of aromatic hydroxyl groups is 1. The summed E-state index contributed by atoms with van der Waals surface area (Å²) in [6, 6.07) is 13.0. The highest BCUT2D eigenvalue weighted by Gasteiger charge is 2.56. The van der Waals surface area contributed by atoms with Crippen molar-refractivity contribution in [1.82, 2.24) is 9.97 Å². The number of ether oxygens (including phenoxy) is 7. The Kier molecular flexibility index (Phi) is 26.0. The van der Waals surface area contributed by atoms with E-state index < -0.39 is 213 Å². The first-order valence-corrected chi connectivity index (χ1v) is 32.3. The molecule has 107 heavy (non-hydrogen) atoms. The maximum absolute atomic E-state index is 14.4. The summed E-state index contributed by atoms with van der Waals surface area (Å²) >= 11 is 0. The molecule has 22 nitrogen and oxygen atoms in total. The Balaban J connectivity index is 0.000000203. The van der Waals surface area contributed by atoms with Gasteiger partial charge in [0.05, 0.1) is 22.4 Å². The van der Waals surface area contributed by atoms with Gasteiger partial charge in [-0.05, 0) is 128 Å². The van der Waals surface area contributed by atoms with E-state index in [4.69, 9.17) is 30.4 Å². The predicted molar refractivity (Wildman–Crippen MR) is 348 cm³/mol. The van der Waals surface area contributed by atoms with Crippen molar-refractivity contribution >= 4 is 46.9 Å². The number of rotatable bonds is 18. The standard InChI is InChI=1S/2C21H21F4N3O4.C15H16F4O4.C14H16F2O4/c2*1-9-14(11-4-5-12(22)15(23)16(11)31-20(24)25)17(32-21(9,2)3)19(30)28-10-6-7-27-13(8-10)18(26)29;1-6-9(12(13(20)21)23-15(6,2)3)7-4-5-8(16)10(17)11(7)22-14(18)19;1-6-9(12(13(18)19)20-14(6,2)3)7-4-5-8(15)10(16)11(7)17/h2*4-9,14,17,20H,1-3H3,(H2,26,29)(H,27,28,30);4-6,9,12,14H,1-3H3,(H,20,21);4-6,9,12,17H,1-3H3,(H,18,19)/t2*9-,14-,17+;2*6-,9-,12+/m1000/s1. The molecule has 12 atom stereocenters. The van der Waals surface area contributed by atoms with Crippen molar-refractivity contribution in [3.05, 3.63) is 165 Å². The van der Waals surface area contributed by atoms with Crippen LogP contribution in [-0.2, 0) is 38.1 Å². The minimum Gasteiger partial charge on any atom is -0.505 e. The molecule has 4 aliphatic heterocycles. The molecule has 0 aliphatic carbocycles. The fourth-order valence-electron chi connectivity index (χ4n) is 13.0. The van der Waals surface area contributed by atoms with Gasteiger partial charge in [-0.2, -0.15) is 43.9 Å². The van der Waals surface area contributed by atoms with Crippen LogP contribution in [0.5, 0.6) is 23.0 Å². The smallest absolute Gasteiger partial charge is 0.387 e. The van der Waals surface area contributed by atoms with Crippen LogP contribution in [0.4, 0.5) is 72.8 Å². The number of phenols is 1. The predicted octanol–water partition coefficient (Wildman–Crippen LogP) is 13.4. The zero-order chi connectivity index (χ0) is 80.3. The second kappa shape index (κ2) is 33.1. The van der Waals surface area contributed by atoms with Gasteiger partial charge in [-0.3, -0.25) is 29.1 Å². The van der Waals surface area contributed by atoms with Crippen LogP contribution in [0.3, 0.4) is 0 Å². The van der Waals surface area contributed by atoms with E-state index in [-0.39, 0.29) is 50.9 Å². The number of benzene rings is 4. The number of aromatic nitrogens is 2. The van der Waals surface area contributed by atoms with Crippen molar-refractivity contribution in [2.24, 2.45) is 35.1 Å². The quantitative estimate of drug-likeness (QED) is 0.0393. The fraction of sp³-hybridized carbons (Fsp3) is 0.437. The number of carbonyl (C=O) groups excluding carboxylic acids is 4. The molecule has 4 saturated heterocycles. The Morgan fingerprint density at radius 3 is 0.944 bits per heavy atom. The van der Waals surface area contributed by atoms with Crippen molar-refractivity contribution in [3.63, 3.8) is 0 Å². The van der Waals surface area contributed by atoms with Gasteiger partial charge in [-0.15, -0.1) is 0 Å². The number of hydrogen-bond acceptors (Lipinski definition) is 16. The number of hydrogen-bond donors (Lipinski definition) is 7. The van der Waals surface area contributed by atoms with Gasteiger partial charge < -0.3 is 70.6 Å². The lowest BCUT2D eigenvalue weighted by Crippen LogP contribution is -2.33. The van der Waals surface area contributed by atoms with Gasteiger partial charge in [-0.1, -0.05) is 52.0 Å². The highest BCUT2D eigenvalue weighted by Crippen LogP contribution is 2.54. The Morgan fingerprint density at radius 2 is 0.673 bits per heavy atom. The number of halogens is 14. The highest BCUT2D eigenvalue weighted by molar-refractivity contribution is 5.98. The Bertz CT molecular complexity index is 4160. The molecule has 6 aromatic rings. The van der Waals surface area contributed by atoms with E-state index in [0.717, 1.165) is 42.5 Å². The number of phenolic OH excluding ortho intramolecular Hbond substituents is 1. The monoisotopic (exact) mass is 1530 g/mol. The SMILES string of the molecule is C[C@@H]1[C@H](c2ccc(F)c(F)c2OC(F)F)[C@@H](C(=O)Nc2ccnc(C(N)=O)c2)OC1(C)C.C[C@H]1[C@@H](c2ccc(F)c(F)c2O)[C@H](C(=O)O)OC1(C)C.C[C@H]1[C@@H](c2ccc(F)c(F)c2OC(F)F)[C@H](C(=O)Nc2ccnc(C(N)=O)c2)OC1(C)C.C[C@H]1[C@@H](c2ccc(F)c(F)c2OC(F)F)[C@H](C(=O)O)OC1(C)C. The zero-order valence-corrected chi connectivity index (χ0v) is 58.7. The van der Waals surface area contributed by atoms with Crippen molar-refractivity contribution in [3.8, 4) is 23.0 Å². The largest absolute Gasteiger partial charge is 0.505 e. The lowest BCUT2D eigenvalue weighted by molar-refractivity contribution is -0.154. The Morgan fingerprint density at radius 1 is 0.421 bits per heavy atom. The molecule has 4 aliphatic rings. The summed E-state index contributed by atoms with van der Waals surface area (Å²) in [4.78, 5) is 79.1. The second-order valence-corrected chi connectivity index (χ2v) is 27.3. The minimum absolute atomic E-state index is 0.0503. The normalized spacial score (nSPS) is 24.2. The molecule has 4 amide bonds. The number of nitrogens with two attached hydrogens (primary N) is 2. The van der Waals surface area contributed by atoms with Crippen molar-refractivity contribution in [2.75, 3.05) is 10.6 Å². The summed E-state index contributed by atoms with van der Waals surface area (Å²) in [6.45, 7) is 10.1. The molecule has 4 fully saturated rings. The maximum Gasteiger partial charge on any atom is 0.387 e. The average molecular weight is 1530 g/mol. The van der Waals surface area contributed by atoms with Gasteiger partial charge in [0.15, 0.2) is 58.5 Å². The van der Waals surface area contributed by atoms with E-state index in [1.807, 2.05) is 0 Å². The van der Waals surface area contributed by atoms with Crippen molar-refractivity contribution in [1.29, 1.82) is 0 Å². The molecule has 36 heteroatoms. The molecule has 0 radical (unpaired) electrons. The molecule has 0 spiro atoms. The lowest BCUT2D eigenvalue weighted by Gasteiger charge is -2.26. The summed E-state index contributed by atoms with van der Waals surface area (Å²) in [7, 11) is 0. The number of pyridine rings is 2. The molecule has 2 aromatic heterocycles. The molecular formula is C71H74F14N6O16. The highest BCUT2D eigenvalue weighted by atomic mass is 19.3. The van der Waals surface area contributed by atoms with Crippen molar-refractivity contribution in [2.45, 2.75) is 173 Å². The topological polar surface area (TPSA) is 330 Å². The third-order valence-electron chi connectivity index (χ3n) is 19.5. The van der Waals surface area contributed by atoms with Gasteiger partial charge >= 0.3 is 31.8 Å². The van der Waals surface area contributed by atoms with Gasteiger partial charge in [-0.25, -0.2) is 27.2 Å². The third-order valence-corrected chi connectivity index (χ3v) is 19.5. The zero-order valence-electron chi connectivity index (χ0n) is 58.7. The van der Waals surface area contributed by atoms with E-state index in [2.05, 4.69) is 34.8 Å². The van der Waals surface area contributed by atoms with Gasteiger partial charge in [0, 0.05) is 69.7 Å². The lowest BCUT2D eigenvalue weighted by atomic mass is 9.78. The molecule has 0 unspecified atom stereocenters. The number of carboxylic acids is 2.